The second-order valence-corrected chi connectivity index (χ2v) is 5.76. The van der Waals surface area contributed by atoms with Gasteiger partial charge in [0.25, 0.3) is 5.91 Å². The van der Waals surface area contributed by atoms with Gasteiger partial charge < -0.3 is 4.42 Å². The van der Waals surface area contributed by atoms with Gasteiger partial charge in [-0.1, -0.05) is 0 Å². The molecule has 1 aromatic heterocycles. The van der Waals surface area contributed by atoms with Gasteiger partial charge in [-0.15, -0.1) is 0 Å². The zero-order valence-electron chi connectivity index (χ0n) is 11.4. The Morgan fingerprint density at radius 2 is 1.91 bits per heavy atom. The zero-order valence-corrected chi connectivity index (χ0v) is 12.2. The van der Waals surface area contributed by atoms with E-state index in [9.17, 15) is 23.3 Å². The first kappa shape index (κ1) is 16.3. The number of primary sulfonamides is 1. The van der Waals surface area contributed by atoms with Crippen LogP contribution in [0, 0.1) is 10.1 Å². The fourth-order valence-electron chi connectivity index (χ4n) is 1.52. The van der Waals surface area contributed by atoms with Gasteiger partial charge in [0.2, 0.25) is 10.0 Å². The standard InChI is InChI=1S/C12H10N4O6S/c13-23(20,21)10-4-1-8(2-5-10)12(17)15-14-7-9-3-6-11(22-9)16(18)19/h1-7H,(H,15,17)(H2,13,20,21)/b14-7+. The number of furan rings is 1. The van der Waals surface area contributed by atoms with Gasteiger partial charge >= 0.3 is 5.88 Å². The van der Waals surface area contributed by atoms with Gasteiger partial charge in [0, 0.05) is 5.56 Å². The van der Waals surface area contributed by atoms with Gasteiger partial charge in [0.15, 0.2) is 5.76 Å². The molecular weight excluding hydrogens is 328 g/mol. The summed E-state index contributed by atoms with van der Waals surface area (Å²) >= 11 is 0. The van der Waals surface area contributed by atoms with Crippen LogP contribution in [0.3, 0.4) is 0 Å². The quantitative estimate of drug-likeness (QED) is 0.461. The average Bonchev–Trinajstić information content (AvgIpc) is 2.95. The lowest BCUT2D eigenvalue weighted by atomic mass is 10.2. The maximum absolute atomic E-state index is 11.8. The number of carbonyl (C=O) groups is 1. The highest BCUT2D eigenvalue weighted by atomic mass is 32.2. The van der Waals surface area contributed by atoms with E-state index in [2.05, 4.69) is 10.5 Å². The second kappa shape index (κ2) is 6.37. The van der Waals surface area contributed by atoms with Gasteiger partial charge in [-0.05, 0) is 30.3 Å². The molecule has 2 rings (SSSR count). The molecule has 1 heterocycles. The van der Waals surface area contributed by atoms with E-state index in [-0.39, 0.29) is 16.2 Å². The molecule has 0 saturated heterocycles. The molecule has 0 atom stereocenters. The van der Waals surface area contributed by atoms with Crippen molar-refractivity contribution in [1.29, 1.82) is 0 Å². The van der Waals surface area contributed by atoms with Crippen molar-refractivity contribution in [2.45, 2.75) is 4.90 Å². The van der Waals surface area contributed by atoms with Gasteiger partial charge in [-0.3, -0.25) is 14.9 Å². The normalized spacial score (nSPS) is 11.5. The minimum atomic E-state index is -3.83. The summed E-state index contributed by atoms with van der Waals surface area (Å²) in [5.41, 5.74) is 2.32. The maximum Gasteiger partial charge on any atom is 0.433 e. The Kier molecular flexibility index (Phi) is 4.52. The number of carbonyl (C=O) groups excluding carboxylic acids is 1. The van der Waals surface area contributed by atoms with Crippen LogP contribution in [0.4, 0.5) is 5.88 Å². The summed E-state index contributed by atoms with van der Waals surface area (Å²) in [7, 11) is -3.83. The van der Waals surface area contributed by atoms with Crippen LogP contribution in [0.1, 0.15) is 16.1 Å². The lowest BCUT2D eigenvalue weighted by Gasteiger charge is -2.01. The minimum Gasteiger partial charge on any atom is -0.400 e. The fraction of sp³-hybridized carbons (Fsp3) is 0. The summed E-state index contributed by atoms with van der Waals surface area (Å²) in [6, 6.07) is 7.36. The van der Waals surface area contributed by atoms with Crippen LogP contribution in [0.5, 0.6) is 0 Å². The number of amides is 1. The third kappa shape index (κ3) is 4.21. The van der Waals surface area contributed by atoms with Crippen molar-refractivity contribution in [3.05, 3.63) is 57.8 Å². The van der Waals surface area contributed by atoms with E-state index in [0.717, 1.165) is 12.3 Å². The van der Waals surface area contributed by atoms with E-state index in [1.54, 1.807) is 0 Å². The number of nitrogens with one attached hydrogen (secondary N) is 1. The monoisotopic (exact) mass is 338 g/mol. The molecule has 120 valence electrons. The van der Waals surface area contributed by atoms with Crippen molar-refractivity contribution in [3.63, 3.8) is 0 Å². The Hall–Kier alpha value is -3.05. The minimum absolute atomic E-state index is 0.0848. The molecular formula is C12H10N4O6S. The molecule has 23 heavy (non-hydrogen) atoms. The first-order valence-corrected chi connectivity index (χ1v) is 7.52. The topological polar surface area (TPSA) is 158 Å². The summed E-state index contributed by atoms with van der Waals surface area (Å²) in [6.45, 7) is 0. The number of benzene rings is 1. The molecule has 11 heteroatoms. The number of nitrogens with zero attached hydrogens (tertiary/aromatic N) is 2. The third-order valence-corrected chi connectivity index (χ3v) is 3.52. The van der Waals surface area contributed by atoms with E-state index in [1.165, 1.54) is 30.3 Å². The van der Waals surface area contributed by atoms with E-state index >= 15 is 0 Å². The highest BCUT2D eigenvalue weighted by molar-refractivity contribution is 7.89. The molecule has 0 spiro atoms. The van der Waals surface area contributed by atoms with Crippen molar-refractivity contribution < 1.29 is 22.6 Å². The molecule has 0 saturated carbocycles. The van der Waals surface area contributed by atoms with E-state index in [0.29, 0.717) is 0 Å². The van der Waals surface area contributed by atoms with Crippen LogP contribution in [0.25, 0.3) is 0 Å². The smallest absolute Gasteiger partial charge is 0.400 e. The molecule has 0 radical (unpaired) electrons. The Labute approximate surface area is 129 Å². The molecule has 2 aromatic rings. The Bertz CT molecular complexity index is 869. The van der Waals surface area contributed by atoms with Crippen molar-refractivity contribution in [2.24, 2.45) is 10.2 Å². The number of rotatable bonds is 5. The fourth-order valence-corrected chi connectivity index (χ4v) is 2.04. The first-order chi connectivity index (χ1) is 10.8. The lowest BCUT2D eigenvalue weighted by molar-refractivity contribution is -0.402. The van der Waals surface area contributed by atoms with Gasteiger partial charge in [0.1, 0.15) is 4.92 Å². The molecule has 1 amide bonds. The summed E-state index contributed by atoms with van der Waals surface area (Å²) < 4.78 is 27.0. The van der Waals surface area contributed by atoms with Gasteiger partial charge in [-0.25, -0.2) is 19.0 Å². The molecule has 0 aliphatic rings. The highest BCUT2D eigenvalue weighted by Crippen LogP contribution is 2.13. The molecule has 0 aliphatic carbocycles. The van der Waals surface area contributed by atoms with Crippen LogP contribution in [-0.4, -0.2) is 25.5 Å². The summed E-state index contributed by atoms with van der Waals surface area (Å²) in [5.74, 6) is -0.971. The van der Waals surface area contributed by atoms with Crippen molar-refractivity contribution in [3.8, 4) is 0 Å². The zero-order chi connectivity index (χ0) is 17.0. The first-order valence-electron chi connectivity index (χ1n) is 5.98. The van der Waals surface area contributed by atoms with Crippen LogP contribution in [0.15, 0.2) is 50.8 Å². The molecule has 0 fully saturated rings. The average molecular weight is 338 g/mol. The highest BCUT2D eigenvalue weighted by Gasteiger charge is 2.11. The molecule has 0 unspecified atom stereocenters. The summed E-state index contributed by atoms with van der Waals surface area (Å²) in [6.07, 6.45) is 1.09. The van der Waals surface area contributed by atoms with Crippen molar-refractivity contribution in [2.75, 3.05) is 0 Å². The molecule has 3 N–H and O–H groups in total. The van der Waals surface area contributed by atoms with Crippen molar-refractivity contribution in [1.82, 2.24) is 5.43 Å². The van der Waals surface area contributed by atoms with Crippen LogP contribution in [-0.2, 0) is 10.0 Å². The van der Waals surface area contributed by atoms with Crippen LogP contribution in [0.2, 0.25) is 0 Å². The Morgan fingerprint density at radius 1 is 1.26 bits per heavy atom. The number of hydrogen-bond acceptors (Lipinski definition) is 7. The summed E-state index contributed by atoms with van der Waals surface area (Å²) in [5, 5.41) is 18.9. The SMILES string of the molecule is NS(=O)(=O)c1ccc(C(=O)N/N=C/c2ccc([N+](=O)[O-])o2)cc1. The second-order valence-electron chi connectivity index (χ2n) is 4.20. The Morgan fingerprint density at radius 3 is 2.43 bits per heavy atom. The van der Waals surface area contributed by atoms with E-state index < -0.39 is 26.7 Å². The lowest BCUT2D eigenvalue weighted by Crippen LogP contribution is -2.18. The summed E-state index contributed by atoms with van der Waals surface area (Å²) in [4.78, 5) is 21.4. The number of hydrogen-bond donors (Lipinski definition) is 2. The van der Waals surface area contributed by atoms with Crippen LogP contribution >= 0.6 is 0 Å². The van der Waals surface area contributed by atoms with Crippen LogP contribution < -0.4 is 10.6 Å². The van der Waals surface area contributed by atoms with E-state index in [1.807, 2.05) is 0 Å². The molecule has 10 nitrogen and oxygen atoms in total. The molecule has 0 aliphatic heterocycles. The maximum atomic E-state index is 11.8. The number of hydrazone groups is 1. The molecule has 1 aromatic carbocycles. The number of sulfonamides is 1. The van der Waals surface area contributed by atoms with E-state index in [4.69, 9.17) is 9.56 Å². The Balaban J connectivity index is 2.01. The predicted octanol–water partition coefficient (Wildman–Crippen LogP) is 0.599. The van der Waals surface area contributed by atoms with Gasteiger partial charge in [0.05, 0.1) is 17.2 Å². The predicted molar refractivity (Wildman–Crippen MR) is 78.2 cm³/mol. The van der Waals surface area contributed by atoms with Gasteiger partial charge in [-0.2, -0.15) is 5.10 Å². The third-order valence-electron chi connectivity index (χ3n) is 2.60. The van der Waals surface area contributed by atoms with Crippen molar-refractivity contribution >= 4 is 28.0 Å². The largest absolute Gasteiger partial charge is 0.433 e. The number of nitrogens with two attached hydrogens (primary N) is 1. The molecule has 0 bridgehead atoms. The number of nitro groups is 1.